The number of aromatic nitrogens is 2. The first kappa shape index (κ1) is 28.5. The molecule has 11 aromatic rings. The van der Waals surface area contributed by atoms with Crippen molar-refractivity contribution >= 4 is 86.9 Å². The zero-order chi connectivity index (χ0) is 34.4. The highest BCUT2D eigenvalue weighted by Gasteiger charge is 2.49. The Morgan fingerprint density at radius 3 is 1.92 bits per heavy atom. The summed E-state index contributed by atoms with van der Waals surface area (Å²) in [5.74, 6) is 0. The van der Waals surface area contributed by atoms with Gasteiger partial charge in [0.15, 0.2) is 0 Å². The molecule has 2 aliphatic rings. The SMILES string of the molecule is c1ccc2c(c1)Sc1cc3c4ccccc4n(-c4ccc5sc6ccccc6c5c4)c3cc1C21c2ccccc2-n2c3ccccc3c3cccc1c32. The number of fused-ring (bicyclic) bond motifs is 17. The molecule has 1 unspecified atom stereocenters. The van der Waals surface area contributed by atoms with Crippen molar-refractivity contribution < 1.29 is 0 Å². The molecule has 3 aromatic heterocycles. The summed E-state index contributed by atoms with van der Waals surface area (Å²) in [6.07, 6.45) is 0. The first-order valence-electron chi connectivity index (χ1n) is 18.2. The molecule has 5 heterocycles. The molecule has 1 spiro atoms. The fraction of sp³-hybridized carbons (Fsp3) is 0.0204. The fourth-order valence-corrected chi connectivity index (χ4v) is 12.2. The van der Waals surface area contributed by atoms with Gasteiger partial charge in [-0.1, -0.05) is 121 Å². The molecule has 246 valence electrons. The molecule has 2 nitrogen and oxygen atoms in total. The topological polar surface area (TPSA) is 9.86 Å². The molecule has 0 aliphatic carbocycles. The standard InChI is InChI=1S/C49H28N2S2/c1-7-20-41-30(12-1)33-15-11-18-38-48(33)51(41)42-21-8-4-16-36(42)49(38)37-17-5-10-23-46(37)53-47-27-34-31-13-2-6-19-40(31)50(43(34)28-39(47)49)29-24-25-45-35(26-29)32-14-3-9-22-44(32)52-45/h1-28H. The van der Waals surface area contributed by atoms with E-state index in [1.165, 1.54) is 107 Å². The van der Waals surface area contributed by atoms with Gasteiger partial charge in [-0.25, -0.2) is 0 Å². The van der Waals surface area contributed by atoms with Crippen molar-refractivity contribution in [2.24, 2.45) is 0 Å². The van der Waals surface area contributed by atoms with E-state index in [0.29, 0.717) is 0 Å². The van der Waals surface area contributed by atoms with Gasteiger partial charge in [0, 0.05) is 57.2 Å². The number of hydrogen-bond donors (Lipinski definition) is 0. The molecule has 0 N–H and O–H groups in total. The Balaban J connectivity index is 1.21. The number of benzene rings is 8. The highest BCUT2D eigenvalue weighted by Crippen LogP contribution is 2.61. The van der Waals surface area contributed by atoms with Crippen molar-refractivity contribution in [3.8, 4) is 11.4 Å². The first-order chi connectivity index (χ1) is 26.3. The summed E-state index contributed by atoms with van der Waals surface area (Å²) < 4.78 is 7.70. The van der Waals surface area contributed by atoms with E-state index in [9.17, 15) is 0 Å². The number of rotatable bonds is 1. The van der Waals surface area contributed by atoms with Crippen LogP contribution in [-0.4, -0.2) is 9.13 Å². The minimum Gasteiger partial charge on any atom is -0.309 e. The lowest BCUT2D eigenvalue weighted by atomic mass is 9.62. The highest BCUT2D eigenvalue weighted by molar-refractivity contribution is 7.99. The summed E-state index contributed by atoms with van der Waals surface area (Å²) >= 11 is 3.79. The Bertz CT molecular complexity index is 3400. The summed E-state index contributed by atoms with van der Waals surface area (Å²) in [5, 5.41) is 7.79. The van der Waals surface area contributed by atoms with Crippen LogP contribution in [0.1, 0.15) is 22.3 Å². The van der Waals surface area contributed by atoms with Gasteiger partial charge in [-0.3, -0.25) is 0 Å². The van der Waals surface area contributed by atoms with Crippen molar-refractivity contribution in [1.82, 2.24) is 9.13 Å². The molecule has 0 saturated carbocycles. The Hall–Kier alpha value is -6.07. The third kappa shape index (κ3) is 3.47. The van der Waals surface area contributed by atoms with Gasteiger partial charge in [-0.2, -0.15) is 0 Å². The molecule has 0 saturated heterocycles. The van der Waals surface area contributed by atoms with Crippen LogP contribution in [0.4, 0.5) is 0 Å². The molecule has 0 bridgehead atoms. The van der Waals surface area contributed by atoms with Crippen LogP contribution < -0.4 is 0 Å². The molecular formula is C49H28N2S2. The number of nitrogens with zero attached hydrogens (tertiary/aromatic N) is 2. The van der Waals surface area contributed by atoms with Gasteiger partial charge in [0.25, 0.3) is 0 Å². The van der Waals surface area contributed by atoms with E-state index in [-0.39, 0.29) is 0 Å². The smallest absolute Gasteiger partial charge is 0.0765 e. The van der Waals surface area contributed by atoms with Crippen LogP contribution in [0.3, 0.4) is 0 Å². The Labute approximate surface area is 313 Å². The summed E-state index contributed by atoms with van der Waals surface area (Å²) in [4.78, 5) is 2.63. The van der Waals surface area contributed by atoms with E-state index in [1.807, 2.05) is 23.1 Å². The van der Waals surface area contributed by atoms with Crippen molar-refractivity contribution in [1.29, 1.82) is 0 Å². The average Bonchev–Trinajstić information content (AvgIpc) is 3.87. The fourth-order valence-electron chi connectivity index (χ4n) is 9.92. The van der Waals surface area contributed by atoms with E-state index >= 15 is 0 Å². The summed E-state index contributed by atoms with van der Waals surface area (Å²) in [6, 6.07) is 64.1. The minimum absolute atomic E-state index is 0.527. The second-order valence-corrected chi connectivity index (χ2v) is 16.6. The number of thiophene rings is 1. The van der Waals surface area contributed by atoms with E-state index < -0.39 is 5.41 Å². The zero-order valence-electron chi connectivity index (χ0n) is 28.4. The van der Waals surface area contributed by atoms with Crippen molar-refractivity contribution in [2.75, 3.05) is 0 Å². The van der Waals surface area contributed by atoms with Gasteiger partial charge in [-0.05, 0) is 82.9 Å². The summed E-state index contributed by atoms with van der Waals surface area (Å²) in [5.41, 5.74) is 12.3. The first-order valence-corrected chi connectivity index (χ1v) is 19.8. The molecule has 0 amide bonds. The lowest BCUT2D eigenvalue weighted by Gasteiger charge is -2.45. The Morgan fingerprint density at radius 2 is 1.04 bits per heavy atom. The quantitative estimate of drug-likeness (QED) is 0.165. The summed E-state index contributed by atoms with van der Waals surface area (Å²) in [7, 11) is 0. The third-order valence-corrected chi connectivity index (χ3v) is 14.2. The lowest BCUT2D eigenvalue weighted by Crippen LogP contribution is -2.37. The maximum atomic E-state index is 2.55. The molecule has 2 aliphatic heterocycles. The van der Waals surface area contributed by atoms with E-state index in [0.717, 1.165) is 0 Å². The maximum absolute atomic E-state index is 2.55. The van der Waals surface area contributed by atoms with Crippen LogP contribution in [0.25, 0.3) is 75.2 Å². The molecule has 1 atom stereocenters. The molecule has 4 heteroatoms. The summed E-state index contributed by atoms with van der Waals surface area (Å²) in [6.45, 7) is 0. The Morgan fingerprint density at radius 1 is 0.377 bits per heavy atom. The molecular weight excluding hydrogens is 681 g/mol. The molecule has 53 heavy (non-hydrogen) atoms. The van der Waals surface area contributed by atoms with Crippen molar-refractivity contribution in [2.45, 2.75) is 15.2 Å². The van der Waals surface area contributed by atoms with Crippen LogP contribution in [0, 0.1) is 0 Å². The van der Waals surface area contributed by atoms with Crippen LogP contribution in [0.2, 0.25) is 0 Å². The predicted octanol–water partition coefficient (Wildman–Crippen LogP) is 13.4. The van der Waals surface area contributed by atoms with Crippen LogP contribution in [0.15, 0.2) is 180 Å². The normalized spacial score (nSPS) is 15.9. The van der Waals surface area contributed by atoms with Gasteiger partial charge in [-0.15, -0.1) is 11.3 Å². The molecule has 0 radical (unpaired) electrons. The third-order valence-electron chi connectivity index (χ3n) is 12.0. The van der Waals surface area contributed by atoms with Crippen molar-refractivity contribution in [3.05, 3.63) is 192 Å². The second kappa shape index (κ2) is 10.1. The second-order valence-electron chi connectivity index (χ2n) is 14.4. The molecule has 0 fully saturated rings. The van der Waals surface area contributed by atoms with Gasteiger partial charge in [0.05, 0.1) is 33.2 Å². The van der Waals surface area contributed by atoms with Crippen LogP contribution in [-0.2, 0) is 5.41 Å². The van der Waals surface area contributed by atoms with Gasteiger partial charge >= 0.3 is 0 Å². The number of hydrogen-bond acceptors (Lipinski definition) is 2. The molecule has 8 aromatic carbocycles. The van der Waals surface area contributed by atoms with E-state index in [4.69, 9.17) is 0 Å². The van der Waals surface area contributed by atoms with Crippen molar-refractivity contribution in [3.63, 3.8) is 0 Å². The highest BCUT2D eigenvalue weighted by atomic mass is 32.2. The Kier molecular flexibility index (Phi) is 5.42. The van der Waals surface area contributed by atoms with E-state index in [1.54, 1.807) is 0 Å². The predicted molar refractivity (Wildman–Crippen MR) is 224 cm³/mol. The van der Waals surface area contributed by atoms with Crippen LogP contribution >= 0.6 is 23.1 Å². The molecule has 13 rings (SSSR count). The maximum Gasteiger partial charge on any atom is 0.0765 e. The van der Waals surface area contributed by atoms with Crippen LogP contribution in [0.5, 0.6) is 0 Å². The average molecular weight is 709 g/mol. The van der Waals surface area contributed by atoms with E-state index in [2.05, 4.69) is 179 Å². The zero-order valence-corrected chi connectivity index (χ0v) is 30.0. The largest absolute Gasteiger partial charge is 0.309 e. The minimum atomic E-state index is -0.527. The number of para-hydroxylation sites is 4. The lowest BCUT2D eigenvalue weighted by molar-refractivity contribution is 0.690. The monoisotopic (exact) mass is 708 g/mol. The van der Waals surface area contributed by atoms with Gasteiger partial charge in [0.1, 0.15) is 0 Å². The van der Waals surface area contributed by atoms with Gasteiger partial charge in [0.2, 0.25) is 0 Å². The van der Waals surface area contributed by atoms with Gasteiger partial charge < -0.3 is 9.13 Å².